The van der Waals surface area contributed by atoms with Crippen LogP contribution in [0.15, 0.2) is 42.5 Å². The van der Waals surface area contributed by atoms with E-state index in [1.165, 1.54) is 0 Å². The van der Waals surface area contributed by atoms with Crippen molar-refractivity contribution < 1.29 is 5.11 Å². The number of nitrogens with one attached hydrogen (secondary N) is 1. The Kier molecular flexibility index (Phi) is 3.26. The average molecular weight is 267 g/mol. The molecule has 3 aromatic rings. The van der Waals surface area contributed by atoms with E-state index in [-0.39, 0.29) is 0 Å². The fourth-order valence-corrected chi connectivity index (χ4v) is 2.35. The zero-order valence-corrected chi connectivity index (χ0v) is 11.3. The highest BCUT2D eigenvalue weighted by atomic mass is 16.3. The quantitative estimate of drug-likeness (QED) is 0.682. The van der Waals surface area contributed by atoms with Crippen molar-refractivity contribution in [3.8, 4) is 0 Å². The molecule has 102 valence electrons. The Balaban J connectivity index is 1.95. The number of nitrogens with zero attached hydrogens (tertiary/aromatic N) is 1. The maximum Gasteiger partial charge on any atom is 0.104 e. The molecule has 0 spiro atoms. The number of rotatable bonds is 3. The van der Waals surface area contributed by atoms with Crippen LogP contribution in [0.4, 0.5) is 0 Å². The molecule has 0 radical (unpaired) electrons. The van der Waals surface area contributed by atoms with Crippen LogP contribution in [0.3, 0.4) is 0 Å². The first-order valence-corrected chi connectivity index (χ1v) is 6.60. The lowest BCUT2D eigenvalue weighted by atomic mass is 10.00. The van der Waals surface area contributed by atoms with Crippen LogP contribution in [0.25, 0.3) is 11.0 Å². The van der Waals surface area contributed by atoms with Crippen LogP contribution in [0.5, 0.6) is 0 Å². The molecule has 1 aromatic heterocycles. The van der Waals surface area contributed by atoms with Gasteiger partial charge in [-0.2, -0.15) is 0 Å². The number of hydrogen-bond acceptors (Lipinski definition) is 3. The second kappa shape index (κ2) is 5.07. The van der Waals surface area contributed by atoms with Crippen LogP contribution in [0.1, 0.15) is 28.6 Å². The maximum absolute atomic E-state index is 10.5. The van der Waals surface area contributed by atoms with E-state index in [0.29, 0.717) is 6.54 Å². The van der Waals surface area contributed by atoms with E-state index in [9.17, 15) is 5.11 Å². The normalized spacial score (nSPS) is 12.8. The van der Waals surface area contributed by atoms with Gasteiger partial charge in [0.1, 0.15) is 11.9 Å². The van der Waals surface area contributed by atoms with E-state index in [1.54, 1.807) is 0 Å². The fourth-order valence-electron chi connectivity index (χ4n) is 2.35. The summed E-state index contributed by atoms with van der Waals surface area (Å²) in [6.45, 7) is 2.43. The number of aryl methyl sites for hydroxylation is 1. The Morgan fingerprint density at radius 3 is 2.55 bits per heavy atom. The predicted molar refractivity (Wildman–Crippen MR) is 79.2 cm³/mol. The standard InChI is InChI=1S/C16H17N3O/c1-10-18-14-7-6-13(8-15(14)19-10)16(20)12-4-2-11(9-17)3-5-12/h2-8,16,20H,9,17H2,1H3,(H,18,19). The number of fused-ring (bicyclic) bond motifs is 1. The third kappa shape index (κ3) is 2.31. The second-order valence-corrected chi connectivity index (χ2v) is 4.95. The summed E-state index contributed by atoms with van der Waals surface area (Å²) >= 11 is 0. The summed E-state index contributed by atoms with van der Waals surface area (Å²) in [7, 11) is 0. The van der Waals surface area contributed by atoms with Gasteiger partial charge in [0.25, 0.3) is 0 Å². The number of aliphatic hydroxyl groups is 1. The summed E-state index contributed by atoms with van der Waals surface area (Å²) in [4.78, 5) is 7.54. The minimum absolute atomic E-state index is 0.510. The van der Waals surface area contributed by atoms with Crippen molar-refractivity contribution in [2.24, 2.45) is 5.73 Å². The molecule has 0 saturated heterocycles. The summed E-state index contributed by atoms with van der Waals surface area (Å²) in [5.41, 5.74) is 10.2. The van der Waals surface area contributed by atoms with Gasteiger partial charge in [0, 0.05) is 6.54 Å². The molecule has 4 N–H and O–H groups in total. The molecule has 0 amide bonds. The zero-order valence-electron chi connectivity index (χ0n) is 11.3. The van der Waals surface area contributed by atoms with E-state index < -0.39 is 6.10 Å². The Labute approximate surface area is 117 Å². The van der Waals surface area contributed by atoms with E-state index in [1.807, 2.05) is 49.4 Å². The molecular formula is C16H17N3O. The number of nitrogens with two attached hydrogens (primary N) is 1. The molecular weight excluding hydrogens is 250 g/mol. The van der Waals surface area contributed by atoms with Gasteiger partial charge >= 0.3 is 0 Å². The highest BCUT2D eigenvalue weighted by Gasteiger charge is 2.11. The highest BCUT2D eigenvalue weighted by molar-refractivity contribution is 5.76. The second-order valence-electron chi connectivity index (χ2n) is 4.95. The molecule has 0 fully saturated rings. The molecule has 2 aromatic carbocycles. The first-order chi connectivity index (χ1) is 9.67. The van der Waals surface area contributed by atoms with Gasteiger partial charge in [-0.05, 0) is 35.7 Å². The van der Waals surface area contributed by atoms with Gasteiger partial charge in [-0.3, -0.25) is 0 Å². The van der Waals surface area contributed by atoms with Crippen molar-refractivity contribution in [1.82, 2.24) is 9.97 Å². The molecule has 4 nitrogen and oxygen atoms in total. The summed E-state index contributed by atoms with van der Waals surface area (Å²) in [5.74, 6) is 0.874. The molecule has 0 aliphatic carbocycles. The molecule has 0 saturated carbocycles. The van der Waals surface area contributed by atoms with Crippen molar-refractivity contribution in [1.29, 1.82) is 0 Å². The van der Waals surface area contributed by atoms with E-state index in [0.717, 1.165) is 33.5 Å². The number of imidazole rings is 1. The van der Waals surface area contributed by atoms with Gasteiger partial charge in [0.15, 0.2) is 0 Å². The maximum atomic E-state index is 10.5. The Hall–Kier alpha value is -2.17. The van der Waals surface area contributed by atoms with E-state index in [4.69, 9.17) is 5.73 Å². The Morgan fingerprint density at radius 1 is 1.15 bits per heavy atom. The van der Waals surface area contributed by atoms with Crippen molar-refractivity contribution in [3.05, 3.63) is 65.0 Å². The van der Waals surface area contributed by atoms with Gasteiger partial charge in [0.05, 0.1) is 11.0 Å². The molecule has 1 unspecified atom stereocenters. The van der Waals surface area contributed by atoms with Gasteiger partial charge in [-0.25, -0.2) is 4.98 Å². The number of aliphatic hydroxyl groups excluding tert-OH is 1. The average Bonchev–Trinajstić information content (AvgIpc) is 2.85. The smallest absolute Gasteiger partial charge is 0.104 e. The zero-order chi connectivity index (χ0) is 14.1. The fraction of sp³-hybridized carbons (Fsp3) is 0.188. The van der Waals surface area contributed by atoms with Gasteiger partial charge in [-0.15, -0.1) is 0 Å². The number of H-pyrrole nitrogens is 1. The summed E-state index contributed by atoms with van der Waals surface area (Å²) in [6.07, 6.45) is -0.644. The molecule has 0 bridgehead atoms. The van der Waals surface area contributed by atoms with E-state index >= 15 is 0 Å². The molecule has 1 heterocycles. The first-order valence-electron chi connectivity index (χ1n) is 6.60. The van der Waals surface area contributed by atoms with Crippen LogP contribution < -0.4 is 5.73 Å². The minimum Gasteiger partial charge on any atom is -0.384 e. The minimum atomic E-state index is -0.644. The lowest BCUT2D eigenvalue weighted by Gasteiger charge is -2.12. The van der Waals surface area contributed by atoms with Crippen LogP contribution in [0, 0.1) is 6.92 Å². The molecule has 1 atom stereocenters. The molecule has 20 heavy (non-hydrogen) atoms. The van der Waals surface area contributed by atoms with Crippen LogP contribution in [0.2, 0.25) is 0 Å². The number of aromatic amines is 1. The van der Waals surface area contributed by atoms with Crippen molar-refractivity contribution in [3.63, 3.8) is 0 Å². The van der Waals surface area contributed by atoms with Crippen LogP contribution in [-0.2, 0) is 6.54 Å². The number of aromatic nitrogens is 2. The number of hydrogen-bond donors (Lipinski definition) is 3. The van der Waals surface area contributed by atoms with Crippen molar-refractivity contribution in [2.45, 2.75) is 19.6 Å². The summed E-state index contributed by atoms with van der Waals surface area (Å²) < 4.78 is 0. The molecule has 4 heteroatoms. The predicted octanol–water partition coefficient (Wildman–Crippen LogP) is 2.41. The van der Waals surface area contributed by atoms with Gasteiger partial charge in [0.2, 0.25) is 0 Å². The number of benzene rings is 2. The van der Waals surface area contributed by atoms with Crippen LogP contribution >= 0.6 is 0 Å². The van der Waals surface area contributed by atoms with E-state index in [2.05, 4.69) is 9.97 Å². The summed E-state index contributed by atoms with van der Waals surface area (Å²) in [5, 5.41) is 10.5. The monoisotopic (exact) mass is 267 g/mol. The summed E-state index contributed by atoms with van der Waals surface area (Å²) in [6, 6.07) is 13.5. The molecule has 3 rings (SSSR count). The largest absolute Gasteiger partial charge is 0.384 e. The highest BCUT2D eigenvalue weighted by Crippen LogP contribution is 2.25. The third-order valence-electron chi connectivity index (χ3n) is 3.47. The first kappa shape index (κ1) is 12.8. The Morgan fingerprint density at radius 2 is 1.85 bits per heavy atom. The third-order valence-corrected chi connectivity index (χ3v) is 3.47. The SMILES string of the molecule is Cc1nc2ccc(C(O)c3ccc(CN)cc3)cc2[nH]1. The molecule has 0 aliphatic rings. The Bertz CT molecular complexity index is 731. The molecule has 0 aliphatic heterocycles. The van der Waals surface area contributed by atoms with Crippen molar-refractivity contribution in [2.75, 3.05) is 0 Å². The van der Waals surface area contributed by atoms with Gasteiger partial charge < -0.3 is 15.8 Å². The topological polar surface area (TPSA) is 74.9 Å². The van der Waals surface area contributed by atoms with Crippen molar-refractivity contribution >= 4 is 11.0 Å². The lowest BCUT2D eigenvalue weighted by Crippen LogP contribution is -2.01. The lowest BCUT2D eigenvalue weighted by molar-refractivity contribution is 0.220. The van der Waals surface area contributed by atoms with Crippen LogP contribution in [-0.4, -0.2) is 15.1 Å². The van der Waals surface area contributed by atoms with Gasteiger partial charge in [-0.1, -0.05) is 30.3 Å².